The molecule has 7 nitrogen and oxygen atoms in total. The fourth-order valence-electron chi connectivity index (χ4n) is 4.12. The van der Waals surface area contributed by atoms with Crippen LogP contribution in [0.5, 0.6) is 0 Å². The van der Waals surface area contributed by atoms with Gasteiger partial charge < -0.3 is 15.5 Å². The van der Waals surface area contributed by atoms with Crippen molar-refractivity contribution in [1.29, 1.82) is 0 Å². The second-order valence-corrected chi connectivity index (χ2v) is 8.03. The number of amides is 4. The van der Waals surface area contributed by atoms with Gasteiger partial charge in [0.2, 0.25) is 5.91 Å². The van der Waals surface area contributed by atoms with Crippen LogP contribution in [-0.2, 0) is 21.5 Å². The summed E-state index contributed by atoms with van der Waals surface area (Å²) in [6.45, 7) is 7.27. The van der Waals surface area contributed by atoms with Gasteiger partial charge in [-0.1, -0.05) is 35.9 Å². The molecule has 0 aliphatic carbocycles. The number of nitrogens with zero attached hydrogens (tertiary/aromatic N) is 2. The number of rotatable bonds is 5. The van der Waals surface area contributed by atoms with Crippen LogP contribution < -0.4 is 15.5 Å². The second kappa shape index (κ2) is 7.48. The van der Waals surface area contributed by atoms with Crippen LogP contribution in [0.25, 0.3) is 0 Å². The van der Waals surface area contributed by atoms with Crippen LogP contribution in [0, 0.1) is 6.92 Å². The summed E-state index contributed by atoms with van der Waals surface area (Å²) in [5.74, 6) is -0.842. The molecule has 2 aliphatic heterocycles. The minimum absolute atomic E-state index is 0.333. The third-order valence-corrected chi connectivity index (χ3v) is 5.95. The molecule has 0 saturated carbocycles. The van der Waals surface area contributed by atoms with Crippen molar-refractivity contribution in [3.63, 3.8) is 0 Å². The lowest BCUT2D eigenvalue weighted by Gasteiger charge is -2.22. The number of fused-ring (bicyclic) bond motifs is 1. The lowest BCUT2D eigenvalue weighted by molar-refractivity contribution is -0.133. The highest BCUT2D eigenvalue weighted by molar-refractivity contribution is 6.10. The van der Waals surface area contributed by atoms with E-state index in [1.54, 1.807) is 6.92 Å². The first-order chi connectivity index (χ1) is 14.3. The molecule has 4 amide bonds. The summed E-state index contributed by atoms with van der Waals surface area (Å²) in [5.41, 5.74) is 3.61. The maximum Gasteiger partial charge on any atom is 0.325 e. The first-order valence-electron chi connectivity index (χ1n) is 10.2. The molecular formula is C23H26N4O3. The molecule has 0 aromatic heterocycles. The lowest BCUT2D eigenvalue weighted by Crippen LogP contribution is -2.42. The van der Waals surface area contributed by atoms with E-state index < -0.39 is 23.4 Å². The first-order valence-corrected chi connectivity index (χ1v) is 10.2. The molecule has 156 valence electrons. The van der Waals surface area contributed by atoms with Gasteiger partial charge in [0.1, 0.15) is 12.1 Å². The molecule has 1 fully saturated rings. The van der Waals surface area contributed by atoms with Crippen LogP contribution in [0.2, 0.25) is 0 Å². The summed E-state index contributed by atoms with van der Waals surface area (Å²) in [4.78, 5) is 41.3. The zero-order valence-corrected chi connectivity index (χ0v) is 17.5. The van der Waals surface area contributed by atoms with Gasteiger partial charge in [-0.15, -0.1) is 0 Å². The van der Waals surface area contributed by atoms with E-state index in [1.807, 2.05) is 49.4 Å². The molecule has 30 heavy (non-hydrogen) atoms. The Bertz CT molecular complexity index is 1020. The molecule has 0 radical (unpaired) electrons. The highest BCUT2D eigenvalue weighted by Gasteiger charge is 2.49. The van der Waals surface area contributed by atoms with Crippen molar-refractivity contribution in [2.24, 2.45) is 0 Å². The third kappa shape index (κ3) is 3.40. The number of urea groups is 1. The number of hydrogen-bond acceptors (Lipinski definition) is 4. The van der Waals surface area contributed by atoms with Gasteiger partial charge in [-0.2, -0.15) is 0 Å². The molecule has 2 aromatic carbocycles. The van der Waals surface area contributed by atoms with Crippen LogP contribution in [0.1, 0.15) is 30.5 Å². The van der Waals surface area contributed by atoms with Crippen molar-refractivity contribution in [2.75, 3.05) is 29.9 Å². The maximum absolute atomic E-state index is 13.0. The van der Waals surface area contributed by atoms with Crippen molar-refractivity contribution in [3.8, 4) is 0 Å². The van der Waals surface area contributed by atoms with E-state index in [4.69, 9.17) is 0 Å². The molecule has 1 saturated heterocycles. The van der Waals surface area contributed by atoms with Crippen molar-refractivity contribution in [1.82, 2.24) is 10.2 Å². The Morgan fingerprint density at radius 1 is 1.17 bits per heavy atom. The van der Waals surface area contributed by atoms with Crippen molar-refractivity contribution < 1.29 is 14.4 Å². The molecular weight excluding hydrogens is 380 g/mol. The van der Waals surface area contributed by atoms with E-state index in [0.717, 1.165) is 35.7 Å². The smallest absolute Gasteiger partial charge is 0.325 e. The van der Waals surface area contributed by atoms with E-state index in [2.05, 4.69) is 22.5 Å². The lowest BCUT2D eigenvalue weighted by atomic mass is 9.91. The van der Waals surface area contributed by atoms with E-state index in [-0.39, 0.29) is 6.54 Å². The van der Waals surface area contributed by atoms with E-state index in [9.17, 15) is 14.4 Å². The molecule has 2 heterocycles. The second-order valence-electron chi connectivity index (χ2n) is 8.03. The number of carbonyl (C=O) groups is 3. The SMILES string of the molecule is CCN1CCc2ccc(NC(=O)CN3C(=O)NC(C)(c4ccc(C)cc4)C3=O)cc21. The molecule has 7 heteroatoms. The number of nitrogens with one attached hydrogen (secondary N) is 2. The number of hydrogen-bond donors (Lipinski definition) is 2. The molecule has 0 spiro atoms. The van der Waals surface area contributed by atoms with Gasteiger partial charge in [-0.3, -0.25) is 14.5 Å². The van der Waals surface area contributed by atoms with Crippen molar-refractivity contribution >= 4 is 29.2 Å². The monoisotopic (exact) mass is 406 g/mol. The number of aryl methyl sites for hydroxylation is 1. The summed E-state index contributed by atoms with van der Waals surface area (Å²) in [7, 11) is 0. The van der Waals surface area contributed by atoms with Gasteiger partial charge in [-0.05, 0) is 50.5 Å². The number of benzene rings is 2. The predicted octanol–water partition coefficient (Wildman–Crippen LogP) is 2.78. The van der Waals surface area contributed by atoms with E-state index in [1.165, 1.54) is 5.56 Å². The predicted molar refractivity (Wildman–Crippen MR) is 115 cm³/mol. The van der Waals surface area contributed by atoms with Crippen LogP contribution in [0.15, 0.2) is 42.5 Å². The van der Waals surface area contributed by atoms with Gasteiger partial charge in [0.15, 0.2) is 0 Å². The first kappa shape index (κ1) is 19.9. The van der Waals surface area contributed by atoms with Crippen molar-refractivity contribution in [3.05, 3.63) is 59.2 Å². The number of likely N-dealkylation sites (N-methyl/N-ethyl adjacent to an activating group) is 1. The molecule has 2 aliphatic rings. The van der Waals surface area contributed by atoms with Crippen molar-refractivity contribution in [2.45, 2.75) is 32.7 Å². The molecule has 0 bridgehead atoms. The van der Waals surface area contributed by atoms with Crippen LogP contribution in [0.3, 0.4) is 0 Å². The quantitative estimate of drug-likeness (QED) is 0.748. The van der Waals surface area contributed by atoms with E-state index >= 15 is 0 Å². The van der Waals surface area contributed by atoms with Gasteiger partial charge >= 0.3 is 6.03 Å². The van der Waals surface area contributed by atoms with Crippen LogP contribution in [-0.4, -0.2) is 42.4 Å². The summed E-state index contributed by atoms with van der Waals surface area (Å²) >= 11 is 0. The average molecular weight is 406 g/mol. The minimum atomic E-state index is -1.18. The number of carbonyl (C=O) groups excluding carboxylic acids is 3. The Hall–Kier alpha value is -3.35. The van der Waals surface area contributed by atoms with Gasteiger partial charge in [0.05, 0.1) is 0 Å². The Morgan fingerprint density at radius 3 is 2.60 bits per heavy atom. The Kier molecular flexibility index (Phi) is 4.97. The normalized spacial score (nSPS) is 20.4. The topological polar surface area (TPSA) is 81.8 Å². The van der Waals surface area contributed by atoms with Gasteiger partial charge in [0.25, 0.3) is 5.91 Å². The molecule has 1 unspecified atom stereocenters. The fraction of sp³-hybridized carbons (Fsp3) is 0.348. The summed E-state index contributed by atoms with van der Waals surface area (Å²) in [5, 5.41) is 5.55. The zero-order chi connectivity index (χ0) is 21.5. The summed E-state index contributed by atoms with van der Waals surface area (Å²) in [6, 6.07) is 12.7. The minimum Gasteiger partial charge on any atom is -0.371 e. The Balaban J connectivity index is 1.47. The average Bonchev–Trinajstić information content (AvgIpc) is 3.22. The van der Waals surface area contributed by atoms with E-state index in [0.29, 0.717) is 11.3 Å². The largest absolute Gasteiger partial charge is 0.371 e. The zero-order valence-electron chi connectivity index (χ0n) is 17.5. The van der Waals surface area contributed by atoms with Gasteiger partial charge in [0, 0.05) is 24.5 Å². The maximum atomic E-state index is 13.0. The van der Waals surface area contributed by atoms with Crippen LogP contribution >= 0.6 is 0 Å². The number of imide groups is 1. The Morgan fingerprint density at radius 2 is 1.90 bits per heavy atom. The standard InChI is InChI=1S/C23H26N4O3/c1-4-26-12-11-16-7-10-18(13-19(16)26)24-20(28)14-27-21(29)23(3,25-22(27)30)17-8-5-15(2)6-9-17/h5-10,13H,4,11-12,14H2,1-3H3,(H,24,28)(H,25,30). The number of anilines is 2. The highest BCUT2D eigenvalue weighted by Crippen LogP contribution is 2.31. The molecule has 4 rings (SSSR count). The highest BCUT2D eigenvalue weighted by atomic mass is 16.2. The molecule has 1 atom stereocenters. The molecule has 2 aromatic rings. The van der Waals surface area contributed by atoms with Gasteiger partial charge in [-0.25, -0.2) is 4.79 Å². The summed E-state index contributed by atoms with van der Waals surface area (Å²) in [6.07, 6.45) is 0.997. The Labute approximate surface area is 176 Å². The third-order valence-electron chi connectivity index (χ3n) is 5.95. The summed E-state index contributed by atoms with van der Waals surface area (Å²) < 4.78 is 0. The van der Waals surface area contributed by atoms with Crippen LogP contribution in [0.4, 0.5) is 16.2 Å². The molecule has 2 N–H and O–H groups in total. The fourth-order valence-corrected chi connectivity index (χ4v) is 4.12.